The average molecular weight is 401 g/mol. The van der Waals surface area contributed by atoms with E-state index in [0.717, 1.165) is 14.7 Å². The van der Waals surface area contributed by atoms with Gasteiger partial charge in [-0.25, -0.2) is 0 Å². The molecule has 0 radical (unpaired) electrons. The smallest absolute Gasteiger partial charge is 0.104 e. The fraction of sp³-hybridized carbons (Fsp3) is 0.294. The summed E-state index contributed by atoms with van der Waals surface area (Å²) >= 11 is 8.29. The van der Waals surface area contributed by atoms with Gasteiger partial charge in [0.15, 0.2) is 0 Å². The number of hydrogen-bond acceptors (Lipinski definition) is 1. The van der Waals surface area contributed by atoms with Crippen molar-refractivity contribution >= 4 is 34.2 Å². The van der Waals surface area contributed by atoms with Crippen LogP contribution in [0, 0.1) is 3.57 Å². The van der Waals surface area contributed by atoms with Crippen LogP contribution in [0.2, 0.25) is 5.02 Å². The monoisotopic (exact) mass is 400 g/mol. The average Bonchev–Trinajstić information content (AvgIpc) is 2.40. The summed E-state index contributed by atoms with van der Waals surface area (Å²) < 4.78 is 0.989. The van der Waals surface area contributed by atoms with Crippen molar-refractivity contribution in [3.63, 3.8) is 0 Å². The van der Waals surface area contributed by atoms with E-state index in [1.54, 1.807) is 0 Å². The summed E-state index contributed by atoms with van der Waals surface area (Å²) in [6.07, 6.45) is -0.640. The molecule has 0 bridgehead atoms. The largest absolute Gasteiger partial charge is 0.384 e. The highest BCUT2D eigenvalue weighted by Gasteiger charge is 2.16. The van der Waals surface area contributed by atoms with Crippen molar-refractivity contribution in [2.24, 2.45) is 0 Å². The topological polar surface area (TPSA) is 20.2 Å². The van der Waals surface area contributed by atoms with Crippen molar-refractivity contribution in [1.29, 1.82) is 0 Å². The Bertz CT molecular complexity index is 599. The highest BCUT2D eigenvalue weighted by molar-refractivity contribution is 14.1. The summed E-state index contributed by atoms with van der Waals surface area (Å²) in [6.45, 7) is 6.53. The summed E-state index contributed by atoms with van der Waals surface area (Å²) in [5.41, 5.74) is 3.08. The summed E-state index contributed by atoms with van der Waals surface area (Å²) in [6, 6.07) is 13.8. The van der Waals surface area contributed by atoms with Gasteiger partial charge in [0.25, 0.3) is 0 Å². The molecule has 0 fully saturated rings. The molecule has 0 amide bonds. The second-order valence-electron chi connectivity index (χ2n) is 5.95. The maximum absolute atomic E-state index is 10.4. The lowest BCUT2D eigenvalue weighted by Crippen LogP contribution is -2.11. The molecule has 20 heavy (non-hydrogen) atoms. The zero-order valence-electron chi connectivity index (χ0n) is 11.8. The van der Waals surface area contributed by atoms with Crippen molar-refractivity contribution in [2.75, 3.05) is 0 Å². The quantitative estimate of drug-likeness (QED) is 0.676. The van der Waals surface area contributed by atoms with Crippen LogP contribution in [0.3, 0.4) is 0 Å². The third-order valence-corrected chi connectivity index (χ3v) is 4.92. The molecule has 2 aromatic rings. The van der Waals surface area contributed by atoms with Crippen LogP contribution in [0.25, 0.3) is 0 Å². The number of hydrogen-bond donors (Lipinski definition) is 1. The van der Waals surface area contributed by atoms with E-state index in [9.17, 15) is 5.11 Å². The molecule has 1 nitrogen and oxygen atoms in total. The van der Waals surface area contributed by atoms with Gasteiger partial charge in [-0.3, -0.25) is 0 Å². The van der Waals surface area contributed by atoms with Crippen molar-refractivity contribution in [2.45, 2.75) is 32.3 Å². The predicted molar refractivity (Wildman–Crippen MR) is 93.4 cm³/mol. The Morgan fingerprint density at radius 1 is 1.00 bits per heavy atom. The minimum atomic E-state index is -0.640. The minimum absolute atomic E-state index is 0.121. The van der Waals surface area contributed by atoms with Gasteiger partial charge >= 0.3 is 0 Å². The van der Waals surface area contributed by atoms with Gasteiger partial charge in [0.2, 0.25) is 0 Å². The van der Waals surface area contributed by atoms with E-state index >= 15 is 0 Å². The van der Waals surface area contributed by atoms with Crippen LogP contribution >= 0.6 is 34.2 Å². The molecule has 0 aromatic heterocycles. The lowest BCUT2D eigenvalue weighted by Gasteiger charge is -2.20. The Kier molecular flexibility index (Phi) is 4.77. The predicted octanol–water partition coefficient (Wildman–Crippen LogP) is 5.32. The van der Waals surface area contributed by atoms with Gasteiger partial charge in [-0.2, -0.15) is 0 Å². The summed E-state index contributed by atoms with van der Waals surface area (Å²) in [4.78, 5) is 0. The maximum atomic E-state index is 10.4. The summed E-state index contributed by atoms with van der Waals surface area (Å²) in [7, 11) is 0. The maximum Gasteiger partial charge on any atom is 0.104 e. The van der Waals surface area contributed by atoms with E-state index < -0.39 is 6.10 Å². The normalized spacial score (nSPS) is 13.3. The van der Waals surface area contributed by atoms with Crippen LogP contribution in [0.1, 0.15) is 43.6 Å². The molecule has 0 aliphatic heterocycles. The van der Waals surface area contributed by atoms with Gasteiger partial charge in [-0.1, -0.05) is 62.7 Å². The molecular formula is C17H18ClIO. The third kappa shape index (κ3) is 3.54. The first-order chi connectivity index (χ1) is 9.29. The highest BCUT2D eigenvalue weighted by atomic mass is 127. The van der Waals surface area contributed by atoms with E-state index in [0.29, 0.717) is 5.02 Å². The molecule has 0 aliphatic carbocycles. The molecule has 0 saturated carbocycles. The van der Waals surface area contributed by atoms with E-state index in [1.165, 1.54) is 5.56 Å². The van der Waals surface area contributed by atoms with Gasteiger partial charge in [0, 0.05) is 3.57 Å². The van der Waals surface area contributed by atoms with Crippen molar-refractivity contribution in [3.05, 3.63) is 67.7 Å². The van der Waals surface area contributed by atoms with Crippen molar-refractivity contribution < 1.29 is 5.11 Å². The van der Waals surface area contributed by atoms with E-state index in [1.807, 2.05) is 30.3 Å². The van der Waals surface area contributed by atoms with Crippen LogP contribution in [0.5, 0.6) is 0 Å². The molecule has 1 unspecified atom stereocenters. The lowest BCUT2D eigenvalue weighted by molar-refractivity contribution is 0.220. The molecule has 1 N–H and O–H groups in total. The van der Waals surface area contributed by atoms with Gasteiger partial charge in [-0.05, 0) is 56.8 Å². The molecule has 0 spiro atoms. The zero-order chi connectivity index (χ0) is 14.9. The van der Waals surface area contributed by atoms with Crippen molar-refractivity contribution in [1.82, 2.24) is 0 Å². The molecular weight excluding hydrogens is 383 g/mol. The van der Waals surface area contributed by atoms with Crippen molar-refractivity contribution in [3.8, 4) is 0 Å². The third-order valence-electron chi connectivity index (χ3n) is 3.35. The van der Waals surface area contributed by atoms with Gasteiger partial charge in [-0.15, -0.1) is 0 Å². The van der Waals surface area contributed by atoms with Crippen LogP contribution in [-0.2, 0) is 5.41 Å². The number of aliphatic hydroxyl groups excluding tert-OH is 1. The molecule has 0 heterocycles. The van der Waals surface area contributed by atoms with Gasteiger partial charge in [0.1, 0.15) is 6.10 Å². The standard InChI is InChI=1S/C17H18ClIO/c1-17(2,3)13-7-4-11(5-8-13)16(20)12-6-9-15(19)14(18)10-12/h4-10,16,20H,1-3H3. The highest BCUT2D eigenvalue weighted by Crippen LogP contribution is 2.29. The van der Waals surface area contributed by atoms with Gasteiger partial charge in [0.05, 0.1) is 5.02 Å². The van der Waals surface area contributed by atoms with Gasteiger partial charge < -0.3 is 5.11 Å². The fourth-order valence-corrected chi connectivity index (χ4v) is 2.56. The molecule has 2 aromatic carbocycles. The Hall–Kier alpha value is -0.580. The first-order valence-corrected chi connectivity index (χ1v) is 7.98. The first kappa shape index (κ1) is 15.8. The fourth-order valence-electron chi connectivity index (χ4n) is 2.04. The SMILES string of the molecule is CC(C)(C)c1ccc(C(O)c2ccc(I)c(Cl)c2)cc1. The summed E-state index contributed by atoms with van der Waals surface area (Å²) in [5, 5.41) is 11.1. The van der Waals surface area contributed by atoms with Crippen LogP contribution < -0.4 is 0 Å². The number of benzene rings is 2. The Morgan fingerprint density at radius 2 is 1.55 bits per heavy atom. The minimum Gasteiger partial charge on any atom is -0.384 e. The lowest BCUT2D eigenvalue weighted by atomic mass is 9.86. The molecule has 2 rings (SSSR count). The summed E-state index contributed by atoms with van der Waals surface area (Å²) in [5.74, 6) is 0. The molecule has 1 atom stereocenters. The molecule has 0 saturated heterocycles. The second-order valence-corrected chi connectivity index (χ2v) is 7.52. The number of rotatable bonds is 2. The Balaban J connectivity index is 2.29. The first-order valence-electron chi connectivity index (χ1n) is 6.52. The number of aliphatic hydroxyl groups is 1. The molecule has 3 heteroatoms. The Morgan fingerprint density at radius 3 is 2.05 bits per heavy atom. The van der Waals surface area contributed by atoms with E-state index in [4.69, 9.17) is 11.6 Å². The van der Waals surface area contributed by atoms with E-state index in [-0.39, 0.29) is 5.41 Å². The van der Waals surface area contributed by atoms with Crippen LogP contribution in [-0.4, -0.2) is 5.11 Å². The molecule has 106 valence electrons. The molecule has 0 aliphatic rings. The van der Waals surface area contributed by atoms with Crippen LogP contribution in [0.4, 0.5) is 0 Å². The van der Waals surface area contributed by atoms with Crippen LogP contribution in [0.15, 0.2) is 42.5 Å². The Labute approximate surface area is 139 Å². The number of halogens is 2. The zero-order valence-corrected chi connectivity index (χ0v) is 14.7. The second kappa shape index (κ2) is 6.04. The van der Waals surface area contributed by atoms with E-state index in [2.05, 4.69) is 55.5 Å².